The Morgan fingerprint density at radius 3 is 1.65 bits per heavy atom. The second kappa shape index (κ2) is 19.6. The van der Waals surface area contributed by atoms with Crippen LogP contribution in [-0.2, 0) is 31.3 Å². The average Bonchev–Trinajstić information content (AvgIpc) is 4.29. The Kier molecular flexibility index (Phi) is 12.6. The molecule has 0 saturated carbocycles. The SMILES string of the molecule is CC(C)(C)c1ccnc(-n2c3[c-]c(Oc4[c-]c(N5[CH-]N(c6c(-c7ccccc7)cc(C(C)(C)C)cc6-c6ccccc6)c6ccccc65)cc(-c5ccccc5)c4)ccc3c3c2c2ccccc2n3-c2ccccc2)c1.[Pd]. The molecular weight excluding hydrogens is 1030 g/mol. The molecule has 0 amide bonds. The molecule has 0 bridgehead atoms. The zero-order valence-electron chi connectivity index (χ0n) is 43.9. The predicted molar refractivity (Wildman–Crippen MR) is 315 cm³/mol. The van der Waals surface area contributed by atoms with Gasteiger partial charge in [0, 0.05) is 82.9 Å². The Morgan fingerprint density at radius 1 is 0.455 bits per heavy atom. The molecule has 1 aliphatic rings. The molecule has 0 N–H and O–H groups in total. The van der Waals surface area contributed by atoms with E-state index < -0.39 is 0 Å². The van der Waals surface area contributed by atoms with Crippen molar-refractivity contribution in [2.45, 2.75) is 52.4 Å². The van der Waals surface area contributed by atoms with Gasteiger partial charge in [-0.15, -0.1) is 48.3 Å². The van der Waals surface area contributed by atoms with Gasteiger partial charge in [-0.3, -0.25) is 0 Å². The van der Waals surface area contributed by atoms with Crippen molar-refractivity contribution in [2.75, 3.05) is 9.80 Å². The second-order valence-electron chi connectivity index (χ2n) is 21.8. The van der Waals surface area contributed by atoms with E-state index in [1.165, 1.54) is 11.1 Å². The molecule has 0 fully saturated rings. The molecular formula is C70H56N5OPd-3. The smallest absolute Gasteiger partial charge is 0.135 e. The van der Waals surface area contributed by atoms with Gasteiger partial charge in [0.2, 0.25) is 0 Å². The van der Waals surface area contributed by atoms with Crippen LogP contribution in [0, 0.1) is 18.8 Å². The van der Waals surface area contributed by atoms with Crippen molar-refractivity contribution in [3.05, 3.63) is 255 Å². The summed E-state index contributed by atoms with van der Waals surface area (Å²) in [5, 5.41) is 2.16. The number of pyridine rings is 1. The molecule has 1 aliphatic heterocycles. The molecule has 0 saturated heterocycles. The number of hydrogen-bond donors (Lipinski definition) is 0. The number of anilines is 4. The van der Waals surface area contributed by atoms with Crippen LogP contribution in [0.1, 0.15) is 52.7 Å². The van der Waals surface area contributed by atoms with Gasteiger partial charge in [0.1, 0.15) is 5.82 Å². The number of aromatic nitrogens is 3. The molecule has 380 valence electrons. The minimum atomic E-state index is -0.0964. The van der Waals surface area contributed by atoms with Gasteiger partial charge >= 0.3 is 0 Å². The summed E-state index contributed by atoms with van der Waals surface area (Å²) in [5.74, 6) is 1.95. The van der Waals surface area contributed by atoms with Crippen molar-refractivity contribution in [1.82, 2.24) is 14.1 Å². The fraction of sp³-hybridized carbons (Fsp3) is 0.114. The van der Waals surface area contributed by atoms with Gasteiger partial charge in [-0.25, -0.2) is 4.98 Å². The van der Waals surface area contributed by atoms with Crippen molar-refractivity contribution in [3.8, 4) is 56.4 Å². The Balaban J connectivity index is 0.00000596. The van der Waals surface area contributed by atoms with Crippen LogP contribution in [0.2, 0.25) is 0 Å². The van der Waals surface area contributed by atoms with Gasteiger partial charge in [0.05, 0.1) is 11.0 Å². The molecule has 9 aromatic carbocycles. The predicted octanol–water partition coefficient (Wildman–Crippen LogP) is 18.5. The Labute approximate surface area is 465 Å². The largest absolute Gasteiger partial charge is 0.509 e. The van der Waals surface area contributed by atoms with Crippen LogP contribution in [0.25, 0.3) is 77.7 Å². The summed E-state index contributed by atoms with van der Waals surface area (Å²) < 4.78 is 11.7. The Hall–Kier alpha value is -8.47. The molecule has 0 atom stereocenters. The first-order valence-electron chi connectivity index (χ1n) is 26.1. The molecule has 7 heteroatoms. The van der Waals surface area contributed by atoms with Crippen LogP contribution >= 0.6 is 0 Å². The summed E-state index contributed by atoms with van der Waals surface area (Å²) in [5.41, 5.74) is 18.2. The van der Waals surface area contributed by atoms with E-state index in [9.17, 15) is 0 Å². The van der Waals surface area contributed by atoms with Crippen LogP contribution < -0.4 is 14.5 Å². The topological polar surface area (TPSA) is 38.5 Å². The zero-order chi connectivity index (χ0) is 51.7. The van der Waals surface area contributed by atoms with Gasteiger partial charge in [-0.05, 0) is 93.2 Å². The molecule has 4 heterocycles. The van der Waals surface area contributed by atoms with Crippen LogP contribution in [-0.4, -0.2) is 14.1 Å². The summed E-state index contributed by atoms with van der Waals surface area (Å²) in [7, 11) is 0. The third-order valence-corrected chi connectivity index (χ3v) is 14.7. The van der Waals surface area contributed by atoms with Crippen LogP contribution in [0.4, 0.5) is 22.7 Å². The Morgan fingerprint density at radius 2 is 1.01 bits per heavy atom. The van der Waals surface area contributed by atoms with Gasteiger partial charge in [0.25, 0.3) is 0 Å². The maximum Gasteiger partial charge on any atom is 0.135 e. The quantitative estimate of drug-likeness (QED) is 0.107. The molecule has 0 radical (unpaired) electrons. The fourth-order valence-electron chi connectivity index (χ4n) is 10.9. The number of hydrogen-bond acceptors (Lipinski definition) is 4. The van der Waals surface area contributed by atoms with E-state index in [4.69, 9.17) is 9.72 Å². The minimum absolute atomic E-state index is 0. The van der Waals surface area contributed by atoms with Gasteiger partial charge in [0.15, 0.2) is 0 Å². The maximum atomic E-state index is 7.09. The number of fused-ring (bicyclic) bond motifs is 6. The van der Waals surface area contributed by atoms with E-state index in [0.29, 0.717) is 11.5 Å². The van der Waals surface area contributed by atoms with Crippen molar-refractivity contribution >= 4 is 55.6 Å². The summed E-state index contributed by atoms with van der Waals surface area (Å²) >= 11 is 0. The summed E-state index contributed by atoms with van der Waals surface area (Å²) in [6.45, 7) is 15.8. The molecule has 77 heavy (non-hydrogen) atoms. The second-order valence-corrected chi connectivity index (χ2v) is 21.8. The van der Waals surface area contributed by atoms with E-state index in [-0.39, 0.29) is 31.3 Å². The average molecular weight is 1090 g/mol. The summed E-state index contributed by atoms with van der Waals surface area (Å²) in [6.07, 6.45) is 1.93. The standard InChI is InChI=1S/C70H56N5O.Pd/c1-69(2,3)51-37-38-71-65(43-51)75-64-45-55(35-36-58(64)67-68(75)57-31-19-20-32-61(57)74(67)53-29-17-10-18-30-53)76-56-40-50(47-23-11-7-12-24-47)39-54(44-56)72-46-73(63-34-22-21-33-62(63)72)66-59(48-25-13-8-14-26-48)41-52(70(4,5)6)42-60(66)49-27-15-9-16-28-49;/h7-43,46H,1-6H3;/q-3;. The van der Waals surface area contributed by atoms with Gasteiger partial charge < -0.3 is 23.7 Å². The number of rotatable bonds is 9. The number of nitrogens with zero attached hydrogens (tertiary/aromatic N) is 5. The Bertz CT molecular complexity index is 4070. The van der Waals surface area contributed by atoms with Crippen molar-refractivity contribution in [1.29, 1.82) is 0 Å². The maximum absolute atomic E-state index is 7.09. The summed E-state index contributed by atoms with van der Waals surface area (Å²) in [6, 6.07) is 85.2. The number of benzene rings is 9. The van der Waals surface area contributed by atoms with Gasteiger partial charge in [-0.1, -0.05) is 192 Å². The molecule has 3 aromatic heterocycles. The van der Waals surface area contributed by atoms with E-state index in [1.54, 1.807) is 0 Å². The normalized spacial score (nSPS) is 12.6. The van der Waals surface area contributed by atoms with Crippen molar-refractivity contribution < 1.29 is 25.2 Å². The van der Waals surface area contributed by atoms with E-state index >= 15 is 0 Å². The van der Waals surface area contributed by atoms with E-state index in [0.717, 1.165) is 100 Å². The van der Waals surface area contributed by atoms with E-state index in [1.807, 2.05) is 12.3 Å². The first-order valence-corrected chi connectivity index (χ1v) is 26.1. The third kappa shape index (κ3) is 8.90. The van der Waals surface area contributed by atoms with Crippen molar-refractivity contribution in [2.24, 2.45) is 0 Å². The molecule has 0 aliphatic carbocycles. The fourth-order valence-corrected chi connectivity index (χ4v) is 10.9. The third-order valence-electron chi connectivity index (χ3n) is 14.7. The zero-order valence-corrected chi connectivity index (χ0v) is 45.5. The number of para-hydroxylation sites is 4. The van der Waals surface area contributed by atoms with Gasteiger partial charge in [-0.2, -0.15) is 6.07 Å². The first-order chi connectivity index (χ1) is 37.0. The van der Waals surface area contributed by atoms with Crippen LogP contribution in [0.3, 0.4) is 0 Å². The molecule has 0 unspecified atom stereocenters. The molecule has 12 aromatic rings. The number of ether oxygens (including phenoxy) is 1. The molecule has 13 rings (SSSR count). The summed E-state index contributed by atoms with van der Waals surface area (Å²) in [4.78, 5) is 9.70. The molecule has 0 spiro atoms. The first kappa shape index (κ1) is 49.4. The van der Waals surface area contributed by atoms with Crippen LogP contribution in [0.15, 0.2) is 225 Å². The monoisotopic (exact) mass is 1090 g/mol. The molecule has 6 nitrogen and oxygen atoms in total. The van der Waals surface area contributed by atoms with Crippen molar-refractivity contribution in [3.63, 3.8) is 0 Å². The van der Waals surface area contributed by atoms with Crippen LogP contribution in [0.5, 0.6) is 11.5 Å². The van der Waals surface area contributed by atoms with E-state index in [2.05, 4.69) is 292 Å². The minimum Gasteiger partial charge on any atom is -0.509 e.